The number of quaternary nitrogens is 1. The van der Waals surface area contributed by atoms with E-state index in [4.69, 9.17) is 0 Å². The lowest BCUT2D eigenvalue weighted by Crippen LogP contribution is -3.12. The number of aromatic nitrogens is 4. The standard InChI is InChI=1S/C18H20FN5OS/c19-16-6-2-1-5-15(16)18(25)7-9-23(10-8-18)13-17-20-21-22-24(17)12-14-4-3-11-26-14/h1-6,11,25H,7-10,12-13H2/p+1. The summed E-state index contributed by atoms with van der Waals surface area (Å²) in [5.74, 6) is 0.503. The van der Waals surface area contributed by atoms with Gasteiger partial charge in [0.2, 0.25) is 5.82 Å². The molecule has 2 N–H and O–H groups in total. The van der Waals surface area contributed by atoms with Gasteiger partial charge in [0.05, 0.1) is 19.6 Å². The number of hydrogen-bond donors (Lipinski definition) is 2. The maximum atomic E-state index is 14.1. The Morgan fingerprint density at radius 2 is 2.00 bits per heavy atom. The van der Waals surface area contributed by atoms with E-state index in [9.17, 15) is 9.50 Å². The van der Waals surface area contributed by atoms with Crippen LogP contribution in [0.4, 0.5) is 4.39 Å². The summed E-state index contributed by atoms with van der Waals surface area (Å²) in [7, 11) is 0. The van der Waals surface area contributed by atoms with Gasteiger partial charge in [0.1, 0.15) is 18.0 Å². The highest BCUT2D eigenvalue weighted by Gasteiger charge is 2.38. The van der Waals surface area contributed by atoms with E-state index in [-0.39, 0.29) is 5.82 Å². The van der Waals surface area contributed by atoms with E-state index < -0.39 is 5.60 Å². The third-order valence-corrected chi connectivity index (χ3v) is 5.92. The smallest absolute Gasteiger partial charge is 0.206 e. The molecule has 0 atom stereocenters. The number of nitrogens with one attached hydrogen (secondary N) is 1. The van der Waals surface area contributed by atoms with Crippen molar-refractivity contribution in [2.45, 2.75) is 31.5 Å². The number of benzene rings is 1. The van der Waals surface area contributed by atoms with Gasteiger partial charge >= 0.3 is 0 Å². The zero-order chi connectivity index (χ0) is 18.0. The molecule has 0 aliphatic carbocycles. The quantitative estimate of drug-likeness (QED) is 0.699. The molecule has 2 aromatic heterocycles. The topological polar surface area (TPSA) is 68.3 Å². The number of nitrogens with zero attached hydrogens (tertiary/aromatic N) is 4. The van der Waals surface area contributed by atoms with Crippen molar-refractivity contribution in [3.8, 4) is 0 Å². The summed E-state index contributed by atoms with van der Waals surface area (Å²) < 4.78 is 15.9. The fourth-order valence-corrected chi connectivity index (χ4v) is 4.23. The predicted octanol–water partition coefficient (Wildman–Crippen LogP) is 0.988. The fourth-order valence-electron chi connectivity index (χ4n) is 3.55. The first-order chi connectivity index (χ1) is 12.6. The van der Waals surface area contributed by atoms with E-state index in [1.54, 1.807) is 29.5 Å². The van der Waals surface area contributed by atoms with Crippen molar-refractivity contribution in [2.24, 2.45) is 0 Å². The molecule has 3 aromatic rings. The van der Waals surface area contributed by atoms with Gasteiger partial charge in [0, 0.05) is 23.3 Å². The van der Waals surface area contributed by atoms with E-state index in [0.29, 0.717) is 31.5 Å². The molecule has 0 amide bonds. The molecule has 6 nitrogen and oxygen atoms in total. The number of hydrogen-bond acceptors (Lipinski definition) is 5. The first kappa shape index (κ1) is 17.3. The highest BCUT2D eigenvalue weighted by molar-refractivity contribution is 7.09. The van der Waals surface area contributed by atoms with Gasteiger partial charge in [0.15, 0.2) is 0 Å². The summed E-state index contributed by atoms with van der Waals surface area (Å²) in [5.41, 5.74) is -0.681. The van der Waals surface area contributed by atoms with Gasteiger partial charge in [-0.05, 0) is 27.9 Å². The Kier molecular flexibility index (Phi) is 4.80. The highest BCUT2D eigenvalue weighted by atomic mass is 32.1. The van der Waals surface area contributed by atoms with E-state index >= 15 is 0 Å². The van der Waals surface area contributed by atoms with E-state index in [2.05, 4.69) is 21.6 Å². The van der Waals surface area contributed by atoms with Crippen LogP contribution in [-0.2, 0) is 18.7 Å². The largest absolute Gasteiger partial charge is 0.385 e. The minimum Gasteiger partial charge on any atom is -0.385 e. The second kappa shape index (κ2) is 7.22. The molecule has 1 fully saturated rings. The number of rotatable bonds is 5. The molecule has 1 aliphatic heterocycles. The van der Waals surface area contributed by atoms with E-state index in [0.717, 1.165) is 18.9 Å². The Bertz CT molecular complexity index is 858. The third-order valence-electron chi connectivity index (χ3n) is 5.06. The Morgan fingerprint density at radius 1 is 1.19 bits per heavy atom. The van der Waals surface area contributed by atoms with Gasteiger partial charge in [-0.3, -0.25) is 0 Å². The molecular formula is C18H21FN5OS+. The van der Waals surface area contributed by atoms with Crippen LogP contribution in [0, 0.1) is 5.82 Å². The molecule has 1 aliphatic rings. The van der Waals surface area contributed by atoms with Crippen molar-refractivity contribution in [3.05, 3.63) is 63.9 Å². The van der Waals surface area contributed by atoms with Gasteiger partial charge in [-0.2, -0.15) is 0 Å². The molecule has 0 saturated carbocycles. The Balaban J connectivity index is 1.40. The minimum atomic E-state index is -1.09. The second-order valence-corrected chi connectivity index (χ2v) is 7.80. The molecule has 1 aromatic carbocycles. The second-order valence-electron chi connectivity index (χ2n) is 6.77. The number of tetrazole rings is 1. The van der Waals surface area contributed by atoms with Gasteiger partial charge in [0.25, 0.3) is 0 Å². The Hall–Kier alpha value is -2.16. The van der Waals surface area contributed by atoms with Crippen LogP contribution in [-0.4, -0.2) is 38.4 Å². The van der Waals surface area contributed by atoms with Crippen LogP contribution in [0.3, 0.4) is 0 Å². The lowest BCUT2D eigenvalue weighted by atomic mass is 9.84. The van der Waals surface area contributed by atoms with Gasteiger partial charge in [-0.15, -0.1) is 16.4 Å². The van der Waals surface area contributed by atoms with Gasteiger partial charge in [-0.1, -0.05) is 24.3 Å². The molecule has 8 heteroatoms. The number of halogens is 1. The average molecular weight is 374 g/mol. The maximum absolute atomic E-state index is 14.1. The van der Waals surface area contributed by atoms with Crippen LogP contribution in [0.2, 0.25) is 0 Å². The monoisotopic (exact) mass is 374 g/mol. The van der Waals surface area contributed by atoms with E-state index in [1.165, 1.54) is 15.8 Å². The maximum Gasteiger partial charge on any atom is 0.206 e. The van der Waals surface area contributed by atoms with Crippen LogP contribution in [0.1, 0.15) is 29.1 Å². The van der Waals surface area contributed by atoms with Crippen molar-refractivity contribution in [1.29, 1.82) is 0 Å². The molecule has 1 saturated heterocycles. The minimum absolute atomic E-state index is 0.335. The summed E-state index contributed by atoms with van der Waals surface area (Å²) in [6, 6.07) is 10.6. The molecule has 4 rings (SSSR count). The van der Waals surface area contributed by atoms with Crippen molar-refractivity contribution in [3.63, 3.8) is 0 Å². The molecular weight excluding hydrogens is 353 g/mol. The molecule has 0 radical (unpaired) electrons. The highest BCUT2D eigenvalue weighted by Crippen LogP contribution is 2.31. The first-order valence-corrected chi connectivity index (χ1v) is 9.60. The van der Waals surface area contributed by atoms with Crippen molar-refractivity contribution >= 4 is 11.3 Å². The summed E-state index contributed by atoms with van der Waals surface area (Å²) >= 11 is 1.68. The normalized spacial score (nSPS) is 23.2. The van der Waals surface area contributed by atoms with Gasteiger partial charge in [-0.25, -0.2) is 9.07 Å². The van der Waals surface area contributed by atoms with Crippen LogP contribution in [0.5, 0.6) is 0 Å². The lowest BCUT2D eigenvalue weighted by molar-refractivity contribution is -0.922. The number of likely N-dealkylation sites (tertiary alicyclic amines) is 1. The van der Waals surface area contributed by atoms with Crippen molar-refractivity contribution in [1.82, 2.24) is 20.2 Å². The van der Waals surface area contributed by atoms with Crippen LogP contribution in [0.15, 0.2) is 41.8 Å². The van der Waals surface area contributed by atoms with Crippen LogP contribution in [0.25, 0.3) is 0 Å². The average Bonchev–Trinajstić information content (AvgIpc) is 3.30. The summed E-state index contributed by atoms with van der Waals surface area (Å²) in [6.45, 7) is 2.87. The number of thiophene rings is 1. The Morgan fingerprint density at radius 3 is 2.73 bits per heavy atom. The Labute approximate surface area is 154 Å². The third kappa shape index (κ3) is 3.53. The molecule has 0 bridgehead atoms. The zero-order valence-corrected chi connectivity index (χ0v) is 15.1. The van der Waals surface area contributed by atoms with Crippen LogP contribution < -0.4 is 4.90 Å². The van der Waals surface area contributed by atoms with E-state index in [1.807, 2.05) is 16.1 Å². The van der Waals surface area contributed by atoms with Crippen molar-refractivity contribution in [2.75, 3.05) is 13.1 Å². The van der Waals surface area contributed by atoms with Gasteiger partial charge < -0.3 is 10.0 Å². The first-order valence-electron chi connectivity index (χ1n) is 8.72. The zero-order valence-electron chi connectivity index (χ0n) is 14.3. The summed E-state index contributed by atoms with van der Waals surface area (Å²) in [4.78, 5) is 2.51. The molecule has 3 heterocycles. The SMILES string of the molecule is OC1(c2ccccc2F)CC[NH+](Cc2nnnn2Cc2cccs2)CC1. The molecule has 26 heavy (non-hydrogen) atoms. The summed E-state index contributed by atoms with van der Waals surface area (Å²) in [5, 5.41) is 25.0. The summed E-state index contributed by atoms with van der Waals surface area (Å²) in [6.07, 6.45) is 1.05. The lowest BCUT2D eigenvalue weighted by Gasteiger charge is -2.36. The van der Waals surface area contributed by atoms with Crippen molar-refractivity contribution < 1.29 is 14.4 Å². The molecule has 136 valence electrons. The molecule has 0 spiro atoms. The fraction of sp³-hybridized carbons (Fsp3) is 0.389. The number of aliphatic hydroxyl groups is 1. The number of piperidine rings is 1. The predicted molar refractivity (Wildman–Crippen MR) is 95.2 cm³/mol. The van der Waals surface area contributed by atoms with Crippen LogP contribution >= 0.6 is 11.3 Å². The molecule has 0 unspecified atom stereocenters.